The van der Waals surface area contributed by atoms with Crippen LogP contribution in [0.25, 0.3) is 0 Å². The molecule has 2 aliphatic carbocycles. The number of unbranched alkanes of at least 4 members (excludes halogenated alkanes) is 2. The average molecular weight is 418 g/mol. The van der Waals surface area contributed by atoms with Crippen LogP contribution in [-0.2, 0) is 16.6 Å². The van der Waals surface area contributed by atoms with Crippen molar-refractivity contribution in [3.8, 4) is 5.75 Å². The lowest BCUT2D eigenvalue weighted by Gasteiger charge is -2.47. The van der Waals surface area contributed by atoms with Crippen molar-refractivity contribution in [1.82, 2.24) is 0 Å². The Kier molecular flexibility index (Phi) is 7.27. The van der Waals surface area contributed by atoms with Crippen LogP contribution in [0.3, 0.4) is 0 Å². The van der Waals surface area contributed by atoms with Gasteiger partial charge in [-0.2, -0.15) is 0 Å². The van der Waals surface area contributed by atoms with Crippen LogP contribution in [0.15, 0.2) is 12.1 Å². The van der Waals surface area contributed by atoms with E-state index in [-0.39, 0.29) is 28.7 Å². The highest BCUT2D eigenvalue weighted by molar-refractivity contribution is 5.73. The number of carbonyl (C=O) groups is 1. The summed E-state index contributed by atoms with van der Waals surface area (Å²) >= 11 is 0. The van der Waals surface area contributed by atoms with E-state index < -0.39 is 0 Å². The van der Waals surface area contributed by atoms with Crippen molar-refractivity contribution >= 4 is 5.97 Å². The van der Waals surface area contributed by atoms with Gasteiger partial charge in [0.05, 0.1) is 6.42 Å². The van der Waals surface area contributed by atoms with Crippen LogP contribution in [0, 0.1) is 17.2 Å². The van der Waals surface area contributed by atoms with Crippen LogP contribution in [0.1, 0.15) is 103 Å². The molecule has 30 heavy (non-hydrogen) atoms. The summed E-state index contributed by atoms with van der Waals surface area (Å²) in [5, 5.41) is 0. The van der Waals surface area contributed by atoms with Crippen molar-refractivity contribution in [1.29, 1.82) is 0 Å². The van der Waals surface area contributed by atoms with Crippen molar-refractivity contribution < 1.29 is 13.9 Å². The highest BCUT2D eigenvalue weighted by Gasteiger charge is 2.45. The molecular formula is C26H40FNO2. The normalized spacial score (nSPS) is 26.5. The monoisotopic (exact) mass is 417 g/mol. The predicted molar refractivity (Wildman–Crippen MR) is 120 cm³/mol. The zero-order chi connectivity index (χ0) is 21.9. The molecule has 168 valence electrons. The second-order valence-electron chi connectivity index (χ2n) is 10.7. The van der Waals surface area contributed by atoms with Gasteiger partial charge in [-0.15, -0.1) is 0 Å². The molecule has 0 heterocycles. The van der Waals surface area contributed by atoms with E-state index in [4.69, 9.17) is 10.5 Å². The first-order valence-electron chi connectivity index (χ1n) is 12.0. The smallest absolute Gasteiger partial charge is 0.311 e. The molecule has 1 aromatic carbocycles. The summed E-state index contributed by atoms with van der Waals surface area (Å²) in [4.78, 5) is 12.6. The summed E-state index contributed by atoms with van der Waals surface area (Å²) < 4.78 is 20.8. The molecule has 2 aliphatic rings. The van der Waals surface area contributed by atoms with E-state index >= 15 is 4.39 Å². The van der Waals surface area contributed by atoms with Gasteiger partial charge in [-0.05, 0) is 54.2 Å². The minimum Gasteiger partial charge on any atom is -0.426 e. The molecule has 2 bridgehead atoms. The van der Waals surface area contributed by atoms with E-state index in [1.807, 2.05) is 6.07 Å². The topological polar surface area (TPSA) is 52.3 Å². The van der Waals surface area contributed by atoms with E-state index in [2.05, 4.69) is 27.7 Å². The maximum atomic E-state index is 15.1. The van der Waals surface area contributed by atoms with Gasteiger partial charge in [0.1, 0.15) is 11.6 Å². The molecule has 1 fully saturated rings. The lowest BCUT2D eigenvalue weighted by atomic mass is 9.60. The first kappa shape index (κ1) is 23.2. The molecule has 0 amide bonds. The zero-order valence-electron chi connectivity index (χ0n) is 19.4. The van der Waals surface area contributed by atoms with Crippen molar-refractivity contribution in [3.05, 3.63) is 29.1 Å². The molecule has 3 rings (SSSR count). The van der Waals surface area contributed by atoms with Crippen molar-refractivity contribution in [2.75, 3.05) is 0 Å². The predicted octanol–water partition coefficient (Wildman–Crippen LogP) is 6.45. The second-order valence-corrected chi connectivity index (χ2v) is 10.7. The van der Waals surface area contributed by atoms with Gasteiger partial charge < -0.3 is 10.5 Å². The summed E-state index contributed by atoms with van der Waals surface area (Å²) in [5.74, 6) is 0.127. The molecule has 0 spiro atoms. The van der Waals surface area contributed by atoms with Gasteiger partial charge in [-0.1, -0.05) is 66.2 Å². The van der Waals surface area contributed by atoms with E-state index in [9.17, 15) is 4.79 Å². The molecule has 1 saturated carbocycles. The van der Waals surface area contributed by atoms with E-state index in [0.29, 0.717) is 24.5 Å². The zero-order valence-corrected chi connectivity index (χ0v) is 19.4. The molecule has 3 nitrogen and oxygen atoms in total. The molecular weight excluding hydrogens is 377 g/mol. The summed E-state index contributed by atoms with van der Waals surface area (Å²) in [6.07, 6.45) is 11.0. The van der Waals surface area contributed by atoms with Crippen LogP contribution in [0.5, 0.6) is 5.75 Å². The van der Waals surface area contributed by atoms with Gasteiger partial charge in [0.15, 0.2) is 0 Å². The minimum absolute atomic E-state index is 0.0214. The second kappa shape index (κ2) is 9.38. The Hall–Kier alpha value is -1.42. The third-order valence-electron chi connectivity index (χ3n) is 7.58. The molecule has 0 aliphatic heterocycles. The van der Waals surface area contributed by atoms with Crippen molar-refractivity contribution in [3.63, 3.8) is 0 Å². The Morgan fingerprint density at radius 1 is 1.27 bits per heavy atom. The third-order valence-corrected chi connectivity index (χ3v) is 7.58. The van der Waals surface area contributed by atoms with Gasteiger partial charge in [-0.25, -0.2) is 4.39 Å². The van der Waals surface area contributed by atoms with Crippen molar-refractivity contribution in [2.24, 2.45) is 17.1 Å². The van der Waals surface area contributed by atoms with Crippen LogP contribution >= 0.6 is 0 Å². The summed E-state index contributed by atoms with van der Waals surface area (Å²) in [6, 6.07) is 3.33. The van der Waals surface area contributed by atoms with Gasteiger partial charge in [0.2, 0.25) is 0 Å². The number of esters is 1. The highest BCUT2D eigenvalue weighted by Crippen LogP contribution is 2.47. The number of benzene rings is 1. The minimum atomic E-state index is -0.281. The number of rotatable bonds is 7. The molecule has 3 atom stereocenters. The Morgan fingerprint density at radius 3 is 2.77 bits per heavy atom. The maximum Gasteiger partial charge on any atom is 0.311 e. The SMILES string of the molecule is CCCCCC(C)(C)CC(=O)Oc1cc(F)c2c(c1)[C@@]1(C)CCCCC[C@@H](C2)[C@@H]1N. The average Bonchev–Trinajstić information content (AvgIpc) is 2.65. The fraction of sp³-hybridized carbons (Fsp3) is 0.731. The molecule has 1 aromatic rings. The number of halogens is 1. The highest BCUT2D eigenvalue weighted by atomic mass is 19.1. The van der Waals surface area contributed by atoms with Gasteiger partial charge in [0, 0.05) is 17.5 Å². The van der Waals surface area contributed by atoms with E-state index in [1.54, 1.807) is 0 Å². The number of hydrogen-bond acceptors (Lipinski definition) is 3. The third kappa shape index (κ3) is 5.07. The van der Waals surface area contributed by atoms with Gasteiger partial charge >= 0.3 is 5.97 Å². The van der Waals surface area contributed by atoms with Crippen LogP contribution in [-0.4, -0.2) is 12.0 Å². The molecule has 0 saturated heterocycles. The lowest BCUT2D eigenvalue weighted by molar-refractivity contribution is -0.136. The standard InChI is InChI=1S/C26H40FNO2/c1-5-6-9-12-25(2,3)17-23(29)30-19-15-21-20(22(27)16-19)14-18-11-8-7-10-13-26(21,4)24(18)28/h15-16,18,24H,5-14,17,28H2,1-4H3/t18-,24-,26+/m0/s1. The van der Waals surface area contributed by atoms with Crippen LogP contribution < -0.4 is 10.5 Å². The van der Waals surface area contributed by atoms with Gasteiger partial charge in [0.25, 0.3) is 0 Å². The quantitative estimate of drug-likeness (QED) is 0.315. The number of carbonyl (C=O) groups excluding carboxylic acids is 1. The number of ether oxygens (including phenoxy) is 1. The lowest BCUT2D eigenvalue weighted by Crippen LogP contribution is -2.53. The molecule has 0 unspecified atom stereocenters. The summed E-state index contributed by atoms with van der Waals surface area (Å²) in [7, 11) is 0. The maximum absolute atomic E-state index is 15.1. The Labute approximate surface area is 181 Å². The fourth-order valence-corrected chi connectivity index (χ4v) is 5.64. The molecule has 0 aromatic heterocycles. The Morgan fingerprint density at radius 2 is 2.03 bits per heavy atom. The van der Waals surface area contributed by atoms with Crippen molar-refractivity contribution in [2.45, 2.75) is 110 Å². The number of hydrogen-bond donors (Lipinski definition) is 1. The van der Waals surface area contributed by atoms with Gasteiger partial charge in [-0.3, -0.25) is 4.79 Å². The summed E-state index contributed by atoms with van der Waals surface area (Å²) in [5.41, 5.74) is 8.08. The first-order valence-corrected chi connectivity index (χ1v) is 12.0. The number of nitrogens with two attached hydrogens (primary N) is 1. The fourth-order valence-electron chi connectivity index (χ4n) is 5.64. The largest absolute Gasteiger partial charge is 0.426 e. The summed E-state index contributed by atoms with van der Waals surface area (Å²) in [6.45, 7) is 8.56. The Bertz CT molecular complexity index is 760. The molecule has 4 heteroatoms. The first-order chi connectivity index (χ1) is 14.2. The Balaban J connectivity index is 1.80. The van der Waals surface area contributed by atoms with Crippen LogP contribution in [0.2, 0.25) is 0 Å². The van der Waals surface area contributed by atoms with E-state index in [0.717, 1.165) is 49.7 Å². The number of fused-ring (bicyclic) bond motifs is 4. The molecule has 0 radical (unpaired) electrons. The van der Waals surface area contributed by atoms with Crippen LogP contribution in [0.4, 0.5) is 4.39 Å². The molecule has 2 N–H and O–H groups in total. The van der Waals surface area contributed by atoms with E-state index in [1.165, 1.54) is 25.3 Å².